The van der Waals surface area contributed by atoms with E-state index in [9.17, 15) is 19.2 Å². The standard InChI is InChI=1S/2C6H10O4.2C6H5.Sn/c2*1-10-6(9)4-2-3-5(7)8;2*1-2-4-6-5-3-1;/h2*2-4H2,1H3,(H,7,8);2*1-5H;/q;;;;+2/p-2. The second-order valence-electron chi connectivity index (χ2n) is 7.16. The molecule has 9 heteroatoms. The average Bonchev–Trinajstić information content (AvgIpc) is 2.84. The first kappa shape index (κ1) is 26.4. The van der Waals surface area contributed by atoms with Crippen LogP contribution in [0.2, 0.25) is 0 Å². The summed E-state index contributed by atoms with van der Waals surface area (Å²) in [5.41, 5.74) is 0. The molecule has 0 heterocycles. The minimum atomic E-state index is -4.77. The molecule has 0 unspecified atom stereocenters. The molecule has 0 spiro atoms. The molecule has 0 radical (unpaired) electrons. The third-order valence-corrected chi connectivity index (χ3v) is 14.0. The third kappa shape index (κ3) is 8.20. The van der Waals surface area contributed by atoms with Gasteiger partial charge in [-0.05, 0) is 0 Å². The van der Waals surface area contributed by atoms with E-state index in [2.05, 4.69) is 9.47 Å². The average molecular weight is 563 g/mol. The Balaban J connectivity index is 2.31. The quantitative estimate of drug-likeness (QED) is 0.286. The van der Waals surface area contributed by atoms with Crippen molar-refractivity contribution >= 4 is 50.2 Å². The van der Waals surface area contributed by atoms with Crippen LogP contribution in [0, 0.1) is 0 Å². The van der Waals surface area contributed by atoms with Gasteiger partial charge < -0.3 is 0 Å². The van der Waals surface area contributed by atoms with E-state index in [4.69, 9.17) is 6.15 Å². The van der Waals surface area contributed by atoms with Gasteiger partial charge >= 0.3 is 198 Å². The normalized spacial score (nSPS) is 10.7. The van der Waals surface area contributed by atoms with Crippen LogP contribution in [0.1, 0.15) is 38.5 Å². The molecule has 0 aliphatic carbocycles. The van der Waals surface area contributed by atoms with Gasteiger partial charge in [-0.2, -0.15) is 0 Å². The number of carbonyl (C=O) groups excluding carboxylic acids is 4. The summed E-state index contributed by atoms with van der Waals surface area (Å²) >= 11 is -4.77. The molecule has 0 aliphatic heterocycles. The first-order valence-corrected chi connectivity index (χ1v) is 15.8. The Morgan fingerprint density at radius 1 is 0.576 bits per heavy atom. The summed E-state index contributed by atoms with van der Waals surface area (Å²) in [6.07, 6.45) is 0.630. The van der Waals surface area contributed by atoms with Gasteiger partial charge in [-0.25, -0.2) is 0 Å². The Morgan fingerprint density at radius 3 is 1.24 bits per heavy atom. The molecule has 2 aromatic carbocycles. The molecule has 2 aromatic rings. The summed E-state index contributed by atoms with van der Waals surface area (Å²) in [7, 11) is 2.57. The molecule has 0 amide bonds. The van der Waals surface area contributed by atoms with Crippen molar-refractivity contribution in [1.82, 2.24) is 0 Å². The molecule has 0 atom stereocenters. The molecular weight excluding hydrogens is 535 g/mol. The SMILES string of the molecule is COC(=O)CCCC(=O)[O][Sn]([O]C(=O)CCCC(=O)OC)([c]1ccccc1)[c]1ccccc1. The predicted molar refractivity (Wildman–Crippen MR) is 122 cm³/mol. The van der Waals surface area contributed by atoms with E-state index < -0.39 is 43.1 Å². The van der Waals surface area contributed by atoms with Crippen molar-refractivity contribution in [2.75, 3.05) is 14.2 Å². The molecule has 0 aromatic heterocycles. The van der Waals surface area contributed by atoms with E-state index >= 15 is 0 Å². The van der Waals surface area contributed by atoms with Crippen molar-refractivity contribution in [3.63, 3.8) is 0 Å². The van der Waals surface area contributed by atoms with E-state index in [0.29, 0.717) is 7.16 Å². The molecule has 0 saturated carbocycles. The van der Waals surface area contributed by atoms with Crippen LogP contribution in [0.3, 0.4) is 0 Å². The van der Waals surface area contributed by atoms with Crippen LogP contribution in [0.15, 0.2) is 60.7 Å². The summed E-state index contributed by atoms with van der Waals surface area (Å²) < 4.78 is 22.6. The van der Waals surface area contributed by atoms with Gasteiger partial charge in [-0.3, -0.25) is 0 Å². The van der Waals surface area contributed by atoms with Crippen LogP contribution in [0.4, 0.5) is 0 Å². The van der Waals surface area contributed by atoms with Gasteiger partial charge in [-0.15, -0.1) is 0 Å². The second kappa shape index (κ2) is 13.6. The van der Waals surface area contributed by atoms with Gasteiger partial charge in [-0.1, -0.05) is 0 Å². The Hall–Kier alpha value is -2.88. The zero-order valence-corrected chi connectivity index (χ0v) is 21.6. The van der Waals surface area contributed by atoms with E-state index in [1.807, 2.05) is 12.1 Å². The van der Waals surface area contributed by atoms with Gasteiger partial charge in [0.1, 0.15) is 0 Å². The van der Waals surface area contributed by atoms with Crippen molar-refractivity contribution in [2.45, 2.75) is 38.5 Å². The number of esters is 2. The molecule has 176 valence electrons. The number of carbonyl (C=O) groups is 4. The van der Waals surface area contributed by atoms with Gasteiger partial charge in [0.15, 0.2) is 0 Å². The molecule has 8 nitrogen and oxygen atoms in total. The Kier molecular flexibility index (Phi) is 10.9. The topological polar surface area (TPSA) is 105 Å². The fraction of sp³-hybridized carbons (Fsp3) is 0.333. The zero-order valence-electron chi connectivity index (χ0n) is 18.8. The number of methoxy groups -OCH3 is 2. The number of hydrogen-bond donors (Lipinski definition) is 0. The van der Waals surface area contributed by atoms with Crippen molar-refractivity contribution in [3.8, 4) is 0 Å². The summed E-state index contributed by atoms with van der Waals surface area (Å²) in [4.78, 5) is 48.4. The fourth-order valence-electron chi connectivity index (χ4n) is 3.12. The molecule has 0 N–H and O–H groups in total. The molecular formula is C24H28O8Sn. The number of rotatable bonds is 12. The molecule has 0 saturated heterocycles. The van der Waals surface area contributed by atoms with Crippen molar-refractivity contribution in [2.24, 2.45) is 0 Å². The monoisotopic (exact) mass is 564 g/mol. The Morgan fingerprint density at radius 2 is 0.909 bits per heavy atom. The maximum atomic E-state index is 12.8. The Bertz CT molecular complexity index is 852. The van der Waals surface area contributed by atoms with Crippen molar-refractivity contribution in [3.05, 3.63) is 60.7 Å². The van der Waals surface area contributed by atoms with Crippen LogP contribution in [-0.4, -0.2) is 57.3 Å². The number of benzene rings is 2. The first-order valence-electron chi connectivity index (χ1n) is 10.6. The second-order valence-corrected chi connectivity index (χ2v) is 15.1. The third-order valence-electron chi connectivity index (χ3n) is 4.80. The minimum absolute atomic E-state index is 0.0205. The maximum absolute atomic E-state index is 12.8. The van der Waals surface area contributed by atoms with Crippen LogP contribution in [0.5, 0.6) is 0 Å². The number of hydrogen-bond acceptors (Lipinski definition) is 8. The summed E-state index contributed by atoms with van der Waals surface area (Å²) in [6.45, 7) is 0. The van der Waals surface area contributed by atoms with E-state index in [1.165, 1.54) is 14.2 Å². The van der Waals surface area contributed by atoms with Crippen molar-refractivity contribution < 1.29 is 34.8 Å². The van der Waals surface area contributed by atoms with Crippen LogP contribution >= 0.6 is 0 Å². The van der Waals surface area contributed by atoms with Gasteiger partial charge in [0.2, 0.25) is 0 Å². The molecule has 0 fully saturated rings. The predicted octanol–water partition coefficient (Wildman–Crippen LogP) is 2.02. The first-order chi connectivity index (χ1) is 15.9. The summed E-state index contributed by atoms with van der Waals surface area (Å²) in [6, 6.07) is 17.9. The van der Waals surface area contributed by atoms with Gasteiger partial charge in [0.25, 0.3) is 0 Å². The van der Waals surface area contributed by atoms with Gasteiger partial charge in [0.05, 0.1) is 0 Å². The van der Waals surface area contributed by atoms with Crippen LogP contribution < -0.4 is 7.16 Å². The zero-order chi connectivity index (χ0) is 24.1. The molecule has 2 rings (SSSR count). The van der Waals surface area contributed by atoms with Crippen molar-refractivity contribution in [1.29, 1.82) is 0 Å². The fourth-order valence-corrected chi connectivity index (χ4v) is 11.6. The molecule has 0 bridgehead atoms. The van der Waals surface area contributed by atoms with Gasteiger partial charge in [0, 0.05) is 0 Å². The number of ether oxygens (including phenoxy) is 2. The summed E-state index contributed by atoms with van der Waals surface area (Å²) in [5.74, 6) is -1.93. The summed E-state index contributed by atoms with van der Waals surface area (Å²) in [5, 5.41) is 0. The van der Waals surface area contributed by atoms with E-state index in [-0.39, 0.29) is 38.5 Å². The molecule has 33 heavy (non-hydrogen) atoms. The van der Waals surface area contributed by atoms with Crippen LogP contribution in [0.25, 0.3) is 0 Å². The van der Waals surface area contributed by atoms with E-state index in [1.54, 1.807) is 48.5 Å². The Labute approximate surface area is 198 Å². The van der Waals surface area contributed by atoms with E-state index in [0.717, 1.165) is 0 Å². The molecule has 0 aliphatic rings. The van der Waals surface area contributed by atoms with Crippen LogP contribution in [-0.2, 0) is 34.8 Å².